The second kappa shape index (κ2) is 4.52. The zero-order valence-electron chi connectivity index (χ0n) is 8.87. The Hall–Kier alpha value is -1.31. The van der Waals surface area contributed by atoms with E-state index in [2.05, 4.69) is 0 Å². The lowest BCUT2D eigenvalue weighted by Gasteiger charge is -2.21. The third-order valence-electron chi connectivity index (χ3n) is 2.07. The van der Waals surface area contributed by atoms with Crippen LogP contribution in [0.3, 0.4) is 0 Å². The van der Waals surface area contributed by atoms with Crippen LogP contribution in [0.5, 0.6) is 0 Å². The molecule has 2 unspecified atom stereocenters. The van der Waals surface area contributed by atoms with Crippen molar-refractivity contribution in [1.29, 1.82) is 0 Å². The lowest BCUT2D eigenvalue weighted by atomic mass is 10.0. The standard InChI is InChI=1S/C10H11FO5S/c1-10(11,13)9(17(14,15)16)8(12)7-5-3-2-4-6-7/h2-6,9,13H,1H3,(H,14,15,16). The monoisotopic (exact) mass is 262 g/mol. The molecule has 0 amide bonds. The fourth-order valence-corrected chi connectivity index (χ4v) is 2.35. The van der Waals surface area contributed by atoms with Gasteiger partial charge in [-0.15, -0.1) is 0 Å². The fourth-order valence-electron chi connectivity index (χ4n) is 1.40. The van der Waals surface area contributed by atoms with Crippen LogP contribution >= 0.6 is 0 Å². The third kappa shape index (κ3) is 3.32. The van der Waals surface area contributed by atoms with Crippen LogP contribution in [0.25, 0.3) is 0 Å². The molecule has 5 nitrogen and oxygen atoms in total. The number of halogens is 1. The third-order valence-corrected chi connectivity index (χ3v) is 3.31. The van der Waals surface area contributed by atoms with Gasteiger partial charge in [-0.05, 0) is 6.92 Å². The number of alkyl halides is 1. The molecule has 0 heterocycles. The summed E-state index contributed by atoms with van der Waals surface area (Å²) < 4.78 is 43.9. The van der Waals surface area contributed by atoms with E-state index in [9.17, 15) is 17.6 Å². The molecule has 1 aromatic carbocycles. The van der Waals surface area contributed by atoms with Crippen molar-refractivity contribution in [1.82, 2.24) is 0 Å². The Labute approximate surface area is 97.6 Å². The first-order chi connectivity index (χ1) is 7.64. The van der Waals surface area contributed by atoms with E-state index >= 15 is 0 Å². The number of ketones is 1. The zero-order chi connectivity index (χ0) is 13.3. The number of hydrogen-bond donors (Lipinski definition) is 2. The van der Waals surface area contributed by atoms with Crippen molar-refractivity contribution in [3.63, 3.8) is 0 Å². The Morgan fingerprint density at radius 3 is 2.18 bits per heavy atom. The molecule has 94 valence electrons. The summed E-state index contributed by atoms with van der Waals surface area (Å²) in [6, 6.07) is 6.98. The molecule has 1 aromatic rings. The SMILES string of the molecule is CC(O)(F)C(C(=O)c1ccccc1)S(=O)(=O)O. The molecule has 0 saturated heterocycles. The second-order valence-electron chi connectivity index (χ2n) is 3.65. The number of Topliss-reactive ketones (excluding diaryl/α,β-unsaturated/α-hetero) is 1. The van der Waals surface area contributed by atoms with Gasteiger partial charge in [-0.3, -0.25) is 9.35 Å². The molecule has 0 spiro atoms. The molecular formula is C10H11FO5S. The van der Waals surface area contributed by atoms with Crippen molar-refractivity contribution in [3.8, 4) is 0 Å². The quantitative estimate of drug-likeness (QED) is 0.618. The number of rotatable bonds is 4. The van der Waals surface area contributed by atoms with Gasteiger partial charge >= 0.3 is 0 Å². The van der Waals surface area contributed by atoms with Crippen LogP contribution in [0.1, 0.15) is 17.3 Å². The number of carbonyl (C=O) groups excluding carboxylic acids is 1. The largest absolute Gasteiger partial charge is 0.360 e. The number of carbonyl (C=O) groups is 1. The normalized spacial score (nSPS) is 17.2. The summed E-state index contributed by atoms with van der Waals surface area (Å²) in [5.74, 6) is -4.57. The van der Waals surface area contributed by atoms with Gasteiger partial charge in [0.15, 0.2) is 5.78 Å². The van der Waals surface area contributed by atoms with Crippen molar-refractivity contribution in [2.24, 2.45) is 0 Å². The van der Waals surface area contributed by atoms with Crippen molar-refractivity contribution in [2.75, 3.05) is 0 Å². The first-order valence-corrected chi connectivity index (χ1v) is 6.11. The molecule has 0 fully saturated rings. The molecule has 1 rings (SSSR count). The van der Waals surface area contributed by atoms with Gasteiger partial charge in [0.25, 0.3) is 10.1 Å². The molecular weight excluding hydrogens is 251 g/mol. The van der Waals surface area contributed by atoms with Gasteiger partial charge in [0.05, 0.1) is 0 Å². The summed E-state index contributed by atoms with van der Waals surface area (Å²) in [6.45, 7) is 0.492. The summed E-state index contributed by atoms with van der Waals surface area (Å²) in [5.41, 5.74) is -0.118. The summed E-state index contributed by atoms with van der Waals surface area (Å²) in [4.78, 5) is 11.7. The summed E-state index contributed by atoms with van der Waals surface area (Å²) >= 11 is 0. The van der Waals surface area contributed by atoms with Crippen LogP contribution in [-0.4, -0.2) is 35.0 Å². The van der Waals surface area contributed by atoms with Crippen molar-refractivity contribution in [2.45, 2.75) is 18.0 Å². The maximum Gasteiger partial charge on any atom is 0.281 e. The molecule has 2 atom stereocenters. The Morgan fingerprint density at radius 2 is 1.82 bits per heavy atom. The van der Waals surface area contributed by atoms with Crippen LogP contribution in [0.15, 0.2) is 30.3 Å². The van der Waals surface area contributed by atoms with Crippen molar-refractivity contribution in [3.05, 3.63) is 35.9 Å². The number of aliphatic hydroxyl groups is 1. The maximum absolute atomic E-state index is 13.3. The van der Waals surface area contributed by atoms with Gasteiger partial charge in [-0.1, -0.05) is 30.3 Å². The van der Waals surface area contributed by atoms with E-state index in [4.69, 9.17) is 9.66 Å². The molecule has 7 heteroatoms. The van der Waals surface area contributed by atoms with E-state index in [-0.39, 0.29) is 5.56 Å². The second-order valence-corrected chi connectivity index (χ2v) is 5.15. The van der Waals surface area contributed by atoms with Crippen LogP contribution in [0.4, 0.5) is 4.39 Å². The average Bonchev–Trinajstić information content (AvgIpc) is 2.14. The molecule has 0 aliphatic carbocycles. The lowest BCUT2D eigenvalue weighted by molar-refractivity contribution is -0.0663. The Balaban J connectivity index is 3.24. The summed E-state index contributed by atoms with van der Waals surface area (Å²) in [7, 11) is -5.04. The number of hydrogen-bond acceptors (Lipinski definition) is 4. The highest BCUT2D eigenvalue weighted by Gasteiger charge is 2.47. The Bertz CT molecular complexity index is 503. The molecule has 0 aliphatic heterocycles. The fraction of sp³-hybridized carbons (Fsp3) is 0.300. The molecule has 2 N–H and O–H groups in total. The Kier molecular flexibility index (Phi) is 3.65. The van der Waals surface area contributed by atoms with E-state index in [1.54, 1.807) is 6.07 Å². The minimum absolute atomic E-state index is 0.118. The number of benzene rings is 1. The van der Waals surface area contributed by atoms with Gasteiger partial charge in [0.1, 0.15) is 0 Å². The van der Waals surface area contributed by atoms with Gasteiger partial charge in [-0.25, -0.2) is 4.39 Å². The van der Waals surface area contributed by atoms with Crippen LogP contribution in [0.2, 0.25) is 0 Å². The van der Waals surface area contributed by atoms with Gasteiger partial charge < -0.3 is 5.11 Å². The Morgan fingerprint density at radius 1 is 1.35 bits per heavy atom. The highest BCUT2D eigenvalue weighted by molar-refractivity contribution is 7.87. The van der Waals surface area contributed by atoms with Gasteiger partial charge in [-0.2, -0.15) is 8.42 Å². The smallest absolute Gasteiger partial charge is 0.281 e. The molecule has 0 saturated carbocycles. The first kappa shape index (κ1) is 13.8. The maximum atomic E-state index is 13.3. The molecule has 17 heavy (non-hydrogen) atoms. The molecule has 0 aliphatic rings. The zero-order valence-corrected chi connectivity index (χ0v) is 9.69. The van der Waals surface area contributed by atoms with E-state index < -0.39 is 27.0 Å². The van der Waals surface area contributed by atoms with E-state index in [1.807, 2.05) is 0 Å². The first-order valence-electron chi connectivity index (χ1n) is 4.61. The minimum Gasteiger partial charge on any atom is -0.360 e. The predicted molar refractivity (Wildman–Crippen MR) is 57.8 cm³/mol. The highest BCUT2D eigenvalue weighted by Crippen LogP contribution is 2.22. The van der Waals surface area contributed by atoms with E-state index in [1.165, 1.54) is 24.3 Å². The van der Waals surface area contributed by atoms with Crippen LogP contribution in [0, 0.1) is 0 Å². The van der Waals surface area contributed by atoms with Crippen molar-refractivity contribution < 1.29 is 27.3 Å². The van der Waals surface area contributed by atoms with Gasteiger partial charge in [0, 0.05) is 5.56 Å². The lowest BCUT2D eigenvalue weighted by Crippen LogP contribution is -2.46. The van der Waals surface area contributed by atoms with E-state index in [0.29, 0.717) is 6.92 Å². The highest BCUT2D eigenvalue weighted by atomic mass is 32.2. The average molecular weight is 262 g/mol. The molecule has 0 bridgehead atoms. The van der Waals surface area contributed by atoms with Crippen molar-refractivity contribution >= 4 is 15.9 Å². The predicted octanol–water partition coefficient (Wildman–Crippen LogP) is 0.804. The van der Waals surface area contributed by atoms with Gasteiger partial charge in [0.2, 0.25) is 11.1 Å². The summed E-state index contributed by atoms with van der Waals surface area (Å²) in [6.07, 6.45) is 0. The van der Waals surface area contributed by atoms with Crippen LogP contribution in [-0.2, 0) is 10.1 Å². The summed E-state index contributed by atoms with van der Waals surface area (Å²) in [5, 5.41) is 6.46. The van der Waals surface area contributed by atoms with E-state index in [0.717, 1.165) is 0 Å². The molecule has 0 aromatic heterocycles. The van der Waals surface area contributed by atoms with Crippen LogP contribution < -0.4 is 0 Å². The minimum atomic E-state index is -5.04. The topological polar surface area (TPSA) is 91.7 Å². The molecule has 0 radical (unpaired) electrons.